The lowest BCUT2D eigenvalue weighted by Crippen LogP contribution is -2.56. The van der Waals surface area contributed by atoms with Crippen molar-refractivity contribution < 1.29 is 9.59 Å². The number of para-hydroxylation sites is 1. The first-order chi connectivity index (χ1) is 10.7. The van der Waals surface area contributed by atoms with Crippen LogP contribution in [0.5, 0.6) is 0 Å². The zero-order valence-corrected chi connectivity index (χ0v) is 12.8. The molecule has 5 heteroatoms. The van der Waals surface area contributed by atoms with Crippen molar-refractivity contribution in [3.63, 3.8) is 0 Å². The lowest BCUT2D eigenvalue weighted by molar-refractivity contribution is -0.137. The zero-order valence-electron chi connectivity index (χ0n) is 12.8. The average Bonchev–Trinajstić information content (AvgIpc) is 2.52. The van der Waals surface area contributed by atoms with Gasteiger partial charge >= 0.3 is 0 Å². The highest BCUT2D eigenvalue weighted by Gasteiger charge is 2.29. The maximum absolute atomic E-state index is 12.4. The van der Waals surface area contributed by atoms with E-state index in [1.165, 1.54) is 0 Å². The fraction of sp³-hybridized carbons (Fsp3) is 0.412. The van der Waals surface area contributed by atoms with Gasteiger partial charge in [0.05, 0.1) is 12.5 Å². The van der Waals surface area contributed by atoms with E-state index in [-0.39, 0.29) is 18.2 Å². The van der Waals surface area contributed by atoms with E-state index in [1.54, 1.807) is 0 Å². The minimum atomic E-state index is -0.429. The highest BCUT2D eigenvalue weighted by atomic mass is 16.2. The van der Waals surface area contributed by atoms with Gasteiger partial charge in [0.1, 0.15) is 0 Å². The largest absolute Gasteiger partial charge is 0.340 e. The van der Waals surface area contributed by atoms with E-state index >= 15 is 0 Å². The molecular weight excluding hydrogens is 278 g/mol. The Labute approximate surface area is 131 Å². The first-order valence-corrected chi connectivity index (χ1v) is 7.68. The van der Waals surface area contributed by atoms with Gasteiger partial charge in [0, 0.05) is 25.3 Å². The van der Waals surface area contributed by atoms with Crippen LogP contribution < -0.4 is 10.6 Å². The first-order valence-electron chi connectivity index (χ1n) is 7.68. The van der Waals surface area contributed by atoms with Crippen LogP contribution in [0.4, 0.5) is 5.69 Å². The summed E-state index contributed by atoms with van der Waals surface area (Å²) in [6.45, 7) is 5.84. The van der Waals surface area contributed by atoms with Gasteiger partial charge < -0.3 is 15.5 Å². The third-order valence-electron chi connectivity index (χ3n) is 3.67. The van der Waals surface area contributed by atoms with Crippen molar-refractivity contribution in [2.75, 3.05) is 25.0 Å². The molecule has 1 aromatic rings. The molecule has 0 radical (unpaired) electrons. The van der Waals surface area contributed by atoms with Crippen molar-refractivity contribution in [1.29, 1.82) is 0 Å². The van der Waals surface area contributed by atoms with Crippen LogP contribution in [-0.4, -0.2) is 42.4 Å². The maximum atomic E-state index is 12.4. The lowest BCUT2D eigenvalue weighted by Gasteiger charge is -2.33. The number of nitrogens with zero attached hydrogens (tertiary/aromatic N) is 1. The van der Waals surface area contributed by atoms with Crippen LogP contribution >= 0.6 is 0 Å². The maximum Gasteiger partial charge on any atom is 0.240 e. The topological polar surface area (TPSA) is 61.4 Å². The van der Waals surface area contributed by atoms with Crippen molar-refractivity contribution in [2.45, 2.75) is 25.3 Å². The van der Waals surface area contributed by atoms with Crippen LogP contribution in [0.15, 0.2) is 43.0 Å². The molecule has 118 valence electrons. The smallest absolute Gasteiger partial charge is 0.240 e. The fourth-order valence-corrected chi connectivity index (χ4v) is 2.52. The van der Waals surface area contributed by atoms with Crippen molar-refractivity contribution in [3.05, 3.63) is 43.0 Å². The minimum absolute atomic E-state index is 0.0125. The molecule has 1 aromatic carbocycles. The van der Waals surface area contributed by atoms with Gasteiger partial charge in [-0.25, -0.2) is 0 Å². The Morgan fingerprint density at radius 1 is 1.41 bits per heavy atom. The number of hydrogen-bond acceptors (Lipinski definition) is 3. The summed E-state index contributed by atoms with van der Waals surface area (Å²) < 4.78 is 0. The second-order valence-electron chi connectivity index (χ2n) is 5.38. The van der Waals surface area contributed by atoms with Crippen molar-refractivity contribution >= 4 is 17.5 Å². The highest BCUT2D eigenvalue weighted by molar-refractivity contribution is 5.95. The standard InChI is InChI=1S/C17H23N3O2/c1-2-3-7-11-20-12-10-18-15(17(20)22)13-16(21)19-14-8-5-4-6-9-14/h2,4-6,8-9,15,18H,1,3,7,10-13H2,(H,19,21). The Morgan fingerprint density at radius 3 is 2.91 bits per heavy atom. The van der Waals surface area contributed by atoms with Crippen molar-refractivity contribution in [3.8, 4) is 0 Å². The molecule has 1 atom stereocenters. The molecule has 1 aliphatic rings. The number of allylic oxidation sites excluding steroid dienone is 1. The second kappa shape index (κ2) is 8.34. The second-order valence-corrected chi connectivity index (χ2v) is 5.38. The number of benzene rings is 1. The van der Waals surface area contributed by atoms with Crippen molar-refractivity contribution in [1.82, 2.24) is 10.2 Å². The van der Waals surface area contributed by atoms with E-state index in [2.05, 4.69) is 17.2 Å². The molecule has 22 heavy (non-hydrogen) atoms. The summed E-state index contributed by atoms with van der Waals surface area (Å²) in [7, 11) is 0. The van der Waals surface area contributed by atoms with Gasteiger partial charge in [-0.1, -0.05) is 24.3 Å². The zero-order chi connectivity index (χ0) is 15.8. The molecule has 2 amide bonds. The third-order valence-corrected chi connectivity index (χ3v) is 3.67. The Balaban J connectivity index is 1.84. The van der Waals surface area contributed by atoms with E-state index in [0.717, 1.165) is 31.6 Å². The SMILES string of the molecule is C=CCCCN1CCNC(CC(=O)Nc2ccccc2)C1=O. The van der Waals surface area contributed by atoms with E-state index in [9.17, 15) is 9.59 Å². The molecule has 1 unspecified atom stereocenters. The molecule has 1 saturated heterocycles. The molecule has 1 heterocycles. The predicted molar refractivity (Wildman–Crippen MR) is 87.5 cm³/mol. The molecule has 0 aromatic heterocycles. The number of rotatable bonds is 7. The first kappa shape index (κ1) is 16.2. The van der Waals surface area contributed by atoms with Crippen molar-refractivity contribution in [2.24, 2.45) is 0 Å². The van der Waals surface area contributed by atoms with Crippen LogP contribution in [0.3, 0.4) is 0 Å². The van der Waals surface area contributed by atoms with Gasteiger partial charge in [0.25, 0.3) is 0 Å². The number of amides is 2. The summed E-state index contributed by atoms with van der Waals surface area (Å²) in [6, 6.07) is 8.84. The Hall–Kier alpha value is -2.14. The van der Waals surface area contributed by atoms with E-state index in [0.29, 0.717) is 6.54 Å². The average molecular weight is 301 g/mol. The van der Waals surface area contributed by atoms with Gasteiger partial charge in [-0.3, -0.25) is 9.59 Å². The number of carbonyl (C=O) groups is 2. The molecule has 0 saturated carbocycles. The number of unbranched alkanes of at least 4 members (excludes halogenated alkanes) is 1. The Bertz CT molecular complexity index is 516. The highest BCUT2D eigenvalue weighted by Crippen LogP contribution is 2.10. The number of nitrogens with one attached hydrogen (secondary N) is 2. The van der Waals surface area contributed by atoms with E-state index in [1.807, 2.05) is 41.3 Å². The minimum Gasteiger partial charge on any atom is -0.340 e. The molecular formula is C17H23N3O2. The molecule has 1 aliphatic heterocycles. The van der Waals surface area contributed by atoms with Gasteiger partial charge in [-0.05, 0) is 25.0 Å². The van der Waals surface area contributed by atoms with E-state index < -0.39 is 6.04 Å². The summed E-state index contributed by atoms with van der Waals surface area (Å²) >= 11 is 0. The molecule has 0 bridgehead atoms. The third kappa shape index (κ3) is 4.70. The van der Waals surface area contributed by atoms with Crippen LogP contribution in [0, 0.1) is 0 Å². The molecule has 5 nitrogen and oxygen atoms in total. The van der Waals surface area contributed by atoms with Gasteiger partial charge in [0.2, 0.25) is 11.8 Å². The molecule has 2 rings (SSSR count). The van der Waals surface area contributed by atoms with Crippen LogP contribution in [-0.2, 0) is 9.59 Å². The number of anilines is 1. The molecule has 0 aliphatic carbocycles. The summed E-state index contributed by atoms with van der Waals surface area (Å²) in [5.41, 5.74) is 0.749. The fourth-order valence-electron chi connectivity index (χ4n) is 2.52. The summed E-state index contributed by atoms with van der Waals surface area (Å²) in [4.78, 5) is 26.3. The monoisotopic (exact) mass is 301 g/mol. The van der Waals surface area contributed by atoms with Crippen LogP contribution in [0.2, 0.25) is 0 Å². The number of piperazine rings is 1. The van der Waals surface area contributed by atoms with Gasteiger partial charge in [0.15, 0.2) is 0 Å². The predicted octanol–water partition coefficient (Wildman–Crippen LogP) is 1.78. The molecule has 1 fully saturated rings. The van der Waals surface area contributed by atoms with Gasteiger partial charge in [-0.2, -0.15) is 0 Å². The molecule has 0 spiro atoms. The lowest BCUT2D eigenvalue weighted by atomic mass is 10.1. The van der Waals surface area contributed by atoms with Gasteiger partial charge in [-0.15, -0.1) is 6.58 Å². The molecule has 2 N–H and O–H groups in total. The normalized spacial score (nSPS) is 18.1. The Kier molecular flexibility index (Phi) is 6.15. The number of hydrogen-bond donors (Lipinski definition) is 2. The number of carbonyl (C=O) groups excluding carboxylic acids is 2. The quantitative estimate of drug-likeness (QED) is 0.596. The Morgan fingerprint density at radius 2 is 2.18 bits per heavy atom. The summed E-state index contributed by atoms with van der Waals surface area (Å²) in [5, 5.41) is 5.95. The van der Waals surface area contributed by atoms with Crippen LogP contribution in [0.25, 0.3) is 0 Å². The van der Waals surface area contributed by atoms with E-state index in [4.69, 9.17) is 0 Å². The van der Waals surface area contributed by atoms with Crippen LogP contribution in [0.1, 0.15) is 19.3 Å². The summed E-state index contributed by atoms with van der Waals surface area (Å²) in [5.74, 6) is -0.136. The summed E-state index contributed by atoms with van der Waals surface area (Å²) in [6.07, 6.45) is 3.83.